The highest BCUT2D eigenvalue weighted by molar-refractivity contribution is 5.81. The zero-order chi connectivity index (χ0) is 10.8. The molecule has 2 rings (SSSR count). The first kappa shape index (κ1) is 10.2. The molecule has 4 heteroatoms. The molecule has 1 saturated carbocycles. The maximum Gasteiger partial charge on any atom is 0.223 e. The van der Waals surface area contributed by atoms with Crippen LogP contribution in [0.1, 0.15) is 38.4 Å². The minimum absolute atomic E-state index is 0.0561. The molecule has 1 aromatic rings. The highest BCUT2D eigenvalue weighted by atomic mass is 16.2. The van der Waals surface area contributed by atoms with Gasteiger partial charge in [-0.15, -0.1) is 0 Å². The van der Waals surface area contributed by atoms with Gasteiger partial charge in [0.25, 0.3) is 0 Å². The van der Waals surface area contributed by atoms with Gasteiger partial charge in [-0.3, -0.25) is 9.48 Å². The summed E-state index contributed by atoms with van der Waals surface area (Å²) in [4.78, 5) is 11.6. The van der Waals surface area contributed by atoms with E-state index in [1.807, 2.05) is 24.6 Å². The number of carbonyl (C=O) groups is 1. The van der Waals surface area contributed by atoms with E-state index in [1.54, 1.807) is 6.20 Å². The smallest absolute Gasteiger partial charge is 0.223 e. The lowest BCUT2D eigenvalue weighted by Gasteiger charge is -2.14. The second-order valence-electron chi connectivity index (χ2n) is 4.08. The van der Waals surface area contributed by atoms with Crippen molar-refractivity contribution in [3.8, 4) is 0 Å². The summed E-state index contributed by atoms with van der Waals surface area (Å²) in [5.41, 5.74) is 1.08. The largest absolute Gasteiger partial charge is 0.348 e. The van der Waals surface area contributed by atoms with E-state index < -0.39 is 0 Å². The van der Waals surface area contributed by atoms with Gasteiger partial charge < -0.3 is 5.32 Å². The quantitative estimate of drug-likeness (QED) is 0.813. The predicted octanol–water partition coefficient (Wildman–Crippen LogP) is 1.49. The van der Waals surface area contributed by atoms with E-state index in [-0.39, 0.29) is 17.9 Å². The first-order valence-corrected chi connectivity index (χ1v) is 5.54. The second-order valence-corrected chi connectivity index (χ2v) is 4.08. The van der Waals surface area contributed by atoms with Crippen molar-refractivity contribution in [3.05, 3.63) is 18.0 Å². The molecule has 1 N–H and O–H groups in total. The predicted molar refractivity (Wildman–Crippen MR) is 57.2 cm³/mol. The van der Waals surface area contributed by atoms with E-state index in [0.29, 0.717) is 0 Å². The number of carbonyl (C=O) groups excluding carboxylic acids is 1. The maximum absolute atomic E-state index is 11.6. The highest BCUT2D eigenvalue weighted by Crippen LogP contribution is 2.29. The van der Waals surface area contributed by atoms with E-state index in [9.17, 15) is 4.79 Å². The summed E-state index contributed by atoms with van der Waals surface area (Å²) < 4.78 is 1.91. The topological polar surface area (TPSA) is 46.9 Å². The zero-order valence-electron chi connectivity index (χ0n) is 9.23. The van der Waals surface area contributed by atoms with Crippen molar-refractivity contribution in [1.29, 1.82) is 0 Å². The Morgan fingerprint density at radius 3 is 3.07 bits per heavy atom. The lowest BCUT2D eigenvalue weighted by molar-refractivity contribution is -0.122. The molecule has 1 aliphatic rings. The fourth-order valence-corrected chi connectivity index (χ4v) is 1.73. The Bertz CT molecular complexity index is 354. The van der Waals surface area contributed by atoms with Gasteiger partial charge in [-0.2, -0.15) is 5.10 Å². The molecule has 15 heavy (non-hydrogen) atoms. The summed E-state index contributed by atoms with van der Waals surface area (Å²) >= 11 is 0. The van der Waals surface area contributed by atoms with Crippen LogP contribution in [0.4, 0.5) is 0 Å². The molecule has 1 atom stereocenters. The number of aromatic nitrogens is 2. The minimum Gasteiger partial charge on any atom is -0.348 e. The third kappa shape index (κ3) is 2.19. The third-order valence-electron chi connectivity index (χ3n) is 2.80. The second kappa shape index (κ2) is 4.04. The zero-order valence-corrected chi connectivity index (χ0v) is 9.23. The Kier molecular flexibility index (Phi) is 2.75. The van der Waals surface area contributed by atoms with E-state index in [2.05, 4.69) is 10.4 Å². The van der Waals surface area contributed by atoms with Crippen molar-refractivity contribution in [2.45, 2.75) is 39.3 Å². The van der Waals surface area contributed by atoms with Crippen molar-refractivity contribution in [1.82, 2.24) is 15.1 Å². The summed E-state index contributed by atoms with van der Waals surface area (Å²) in [7, 11) is 0. The normalized spacial score (nSPS) is 17.5. The molecule has 1 heterocycles. The number of nitrogens with one attached hydrogen (secondary N) is 1. The lowest BCUT2D eigenvalue weighted by atomic mass is 10.2. The summed E-state index contributed by atoms with van der Waals surface area (Å²) in [6, 6.07) is 2.02. The molecule has 1 aliphatic carbocycles. The molecule has 0 bridgehead atoms. The number of rotatable bonds is 4. The van der Waals surface area contributed by atoms with E-state index in [0.717, 1.165) is 25.1 Å². The van der Waals surface area contributed by atoms with Crippen molar-refractivity contribution in [2.75, 3.05) is 0 Å². The fraction of sp³-hybridized carbons (Fsp3) is 0.636. The molecule has 1 unspecified atom stereocenters. The molecular weight excluding hydrogens is 190 g/mol. The first-order valence-electron chi connectivity index (χ1n) is 5.54. The maximum atomic E-state index is 11.6. The van der Waals surface area contributed by atoms with Crippen LogP contribution < -0.4 is 5.32 Å². The number of aryl methyl sites for hydroxylation is 1. The molecule has 0 radical (unpaired) electrons. The van der Waals surface area contributed by atoms with Gasteiger partial charge in [-0.25, -0.2) is 0 Å². The van der Waals surface area contributed by atoms with Gasteiger partial charge in [0, 0.05) is 18.7 Å². The average molecular weight is 207 g/mol. The van der Waals surface area contributed by atoms with Gasteiger partial charge >= 0.3 is 0 Å². The number of nitrogens with zero attached hydrogens (tertiary/aromatic N) is 2. The standard InChI is InChI=1S/C11H17N3O/c1-3-14-10(6-7-12-14)8(2)13-11(15)9-4-5-9/h6-9H,3-5H2,1-2H3,(H,13,15). The van der Waals surface area contributed by atoms with Gasteiger partial charge in [0.05, 0.1) is 11.7 Å². The van der Waals surface area contributed by atoms with Crippen molar-refractivity contribution in [3.63, 3.8) is 0 Å². The first-order chi connectivity index (χ1) is 7.22. The molecular formula is C11H17N3O. The van der Waals surface area contributed by atoms with Crippen LogP contribution in [0.25, 0.3) is 0 Å². The Morgan fingerprint density at radius 2 is 2.47 bits per heavy atom. The van der Waals surface area contributed by atoms with Crippen LogP contribution in [0.2, 0.25) is 0 Å². The Labute approximate surface area is 89.7 Å². The molecule has 4 nitrogen and oxygen atoms in total. The van der Waals surface area contributed by atoms with Gasteiger partial charge in [-0.1, -0.05) is 0 Å². The van der Waals surface area contributed by atoms with Gasteiger partial charge in [0.1, 0.15) is 0 Å². The fourth-order valence-electron chi connectivity index (χ4n) is 1.73. The van der Waals surface area contributed by atoms with Crippen molar-refractivity contribution >= 4 is 5.91 Å². The summed E-state index contributed by atoms with van der Waals surface area (Å²) in [5, 5.41) is 7.21. The van der Waals surface area contributed by atoms with Gasteiger partial charge in [0.15, 0.2) is 0 Å². The summed E-state index contributed by atoms with van der Waals surface area (Å²) in [6.07, 6.45) is 3.87. The van der Waals surface area contributed by atoms with E-state index in [4.69, 9.17) is 0 Å². The summed E-state index contributed by atoms with van der Waals surface area (Å²) in [5.74, 6) is 0.455. The van der Waals surface area contributed by atoms with Crippen LogP contribution in [0.15, 0.2) is 12.3 Å². The van der Waals surface area contributed by atoms with Crippen LogP contribution in [-0.2, 0) is 11.3 Å². The number of hydrogen-bond acceptors (Lipinski definition) is 2. The molecule has 0 saturated heterocycles. The van der Waals surface area contributed by atoms with Crippen LogP contribution in [-0.4, -0.2) is 15.7 Å². The van der Waals surface area contributed by atoms with Crippen molar-refractivity contribution in [2.24, 2.45) is 5.92 Å². The Hall–Kier alpha value is -1.32. The molecule has 0 aliphatic heterocycles. The molecule has 1 fully saturated rings. The molecule has 0 spiro atoms. The van der Waals surface area contributed by atoms with Crippen LogP contribution in [0.5, 0.6) is 0 Å². The van der Waals surface area contributed by atoms with E-state index >= 15 is 0 Å². The SMILES string of the molecule is CCn1nccc1C(C)NC(=O)C1CC1. The molecule has 0 aromatic carbocycles. The highest BCUT2D eigenvalue weighted by Gasteiger charge is 2.30. The average Bonchev–Trinajstić information content (AvgIpc) is 2.96. The number of hydrogen-bond donors (Lipinski definition) is 1. The third-order valence-corrected chi connectivity index (χ3v) is 2.80. The Balaban J connectivity index is 2.00. The monoisotopic (exact) mass is 207 g/mol. The Morgan fingerprint density at radius 1 is 1.73 bits per heavy atom. The lowest BCUT2D eigenvalue weighted by Crippen LogP contribution is -2.29. The van der Waals surface area contributed by atoms with Crippen LogP contribution in [0.3, 0.4) is 0 Å². The summed E-state index contributed by atoms with van der Waals surface area (Å²) in [6.45, 7) is 4.89. The molecule has 82 valence electrons. The van der Waals surface area contributed by atoms with Crippen LogP contribution >= 0.6 is 0 Å². The number of amides is 1. The van der Waals surface area contributed by atoms with Gasteiger partial charge in [0.2, 0.25) is 5.91 Å². The molecule has 1 amide bonds. The van der Waals surface area contributed by atoms with E-state index in [1.165, 1.54) is 0 Å². The van der Waals surface area contributed by atoms with Crippen molar-refractivity contribution < 1.29 is 4.79 Å². The minimum atomic E-state index is 0.0561. The van der Waals surface area contributed by atoms with Gasteiger partial charge in [-0.05, 0) is 32.8 Å². The molecule has 1 aromatic heterocycles. The van der Waals surface area contributed by atoms with Crippen LogP contribution in [0, 0.1) is 5.92 Å².